The summed E-state index contributed by atoms with van der Waals surface area (Å²) in [5.74, 6) is 0.701. The number of aromatic nitrogens is 5. The molecule has 0 bridgehead atoms. The average Bonchev–Trinajstić information content (AvgIpc) is 4.05. The second-order valence-electron chi connectivity index (χ2n) is 18.1. The van der Waals surface area contributed by atoms with Crippen LogP contribution in [-0.4, -0.2) is 23.7 Å². The van der Waals surface area contributed by atoms with E-state index in [2.05, 4.69) is 250 Å². The van der Waals surface area contributed by atoms with Crippen LogP contribution < -0.4 is 0 Å². The number of benzene rings is 11. The van der Waals surface area contributed by atoms with E-state index in [1.54, 1.807) is 0 Å². The van der Waals surface area contributed by atoms with Gasteiger partial charge in [-0.3, -0.25) is 0 Å². The summed E-state index contributed by atoms with van der Waals surface area (Å²) in [6.45, 7) is 0. The molecule has 5 heteroatoms. The SMILES string of the molecule is c1ccc(-n2c3ccccc3c3c(-c4nc(-c5ccc(-n6c7ccccc7c7cc8cccc(-n9c%10ccccc%10c%10ccccc%109)c8cc76)c6ccccc56)c5ccccc5n4)cccc32)cc1. The zero-order valence-electron chi connectivity index (χ0n) is 37.3. The predicted octanol–water partition coefficient (Wildman–Crippen LogP) is 16.6. The number of hydrogen-bond donors (Lipinski definition) is 0. The summed E-state index contributed by atoms with van der Waals surface area (Å²) in [5.41, 5.74) is 14.3. The normalized spacial score (nSPS) is 12.1. The Bertz CT molecular complexity index is 4560. The maximum Gasteiger partial charge on any atom is 0.161 e. The Labute approximate surface area is 396 Å². The van der Waals surface area contributed by atoms with Crippen molar-refractivity contribution in [3.8, 4) is 39.7 Å². The summed E-state index contributed by atoms with van der Waals surface area (Å²) in [5, 5.41) is 12.9. The Morgan fingerprint density at radius 3 is 1.54 bits per heavy atom. The van der Waals surface area contributed by atoms with Gasteiger partial charge in [0.1, 0.15) is 0 Å². The molecule has 0 saturated carbocycles. The lowest BCUT2D eigenvalue weighted by molar-refractivity contribution is 1.18. The highest BCUT2D eigenvalue weighted by atomic mass is 15.0. The molecule has 320 valence electrons. The molecule has 0 saturated heterocycles. The topological polar surface area (TPSA) is 40.6 Å². The van der Waals surface area contributed by atoms with Crippen LogP contribution in [0.4, 0.5) is 0 Å². The molecule has 4 aromatic heterocycles. The van der Waals surface area contributed by atoms with E-state index in [4.69, 9.17) is 9.97 Å². The summed E-state index contributed by atoms with van der Waals surface area (Å²) in [6, 6.07) is 85.5. The fourth-order valence-corrected chi connectivity index (χ4v) is 11.5. The minimum atomic E-state index is 0.701. The van der Waals surface area contributed by atoms with Crippen LogP contribution in [0.5, 0.6) is 0 Å². The molecule has 4 heterocycles. The molecule has 0 aliphatic heterocycles. The Balaban J connectivity index is 0.969. The van der Waals surface area contributed by atoms with Gasteiger partial charge in [-0.05, 0) is 83.6 Å². The molecular formula is C64H39N5. The molecule has 0 aliphatic carbocycles. The maximum atomic E-state index is 5.60. The minimum Gasteiger partial charge on any atom is -0.309 e. The number of rotatable bonds is 5. The molecule has 0 unspecified atom stereocenters. The van der Waals surface area contributed by atoms with Crippen LogP contribution in [0.2, 0.25) is 0 Å². The molecule has 0 atom stereocenters. The number of nitrogens with zero attached hydrogens (tertiary/aromatic N) is 5. The van der Waals surface area contributed by atoms with E-state index in [0.717, 1.165) is 83.0 Å². The molecule has 0 amide bonds. The van der Waals surface area contributed by atoms with Crippen LogP contribution in [0.25, 0.3) is 138 Å². The third kappa shape index (κ3) is 5.47. The lowest BCUT2D eigenvalue weighted by Crippen LogP contribution is -1.99. The van der Waals surface area contributed by atoms with Crippen LogP contribution in [-0.2, 0) is 0 Å². The molecule has 15 rings (SSSR count). The third-order valence-corrected chi connectivity index (χ3v) is 14.4. The zero-order chi connectivity index (χ0) is 45.2. The van der Waals surface area contributed by atoms with Crippen molar-refractivity contribution in [2.45, 2.75) is 0 Å². The van der Waals surface area contributed by atoms with Gasteiger partial charge in [0, 0.05) is 65.3 Å². The molecule has 0 aliphatic rings. The van der Waals surface area contributed by atoms with Gasteiger partial charge in [-0.1, -0.05) is 164 Å². The molecular weight excluding hydrogens is 839 g/mol. The number of para-hydroxylation sites is 6. The van der Waals surface area contributed by atoms with Crippen LogP contribution in [0.3, 0.4) is 0 Å². The van der Waals surface area contributed by atoms with Crippen molar-refractivity contribution < 1.29 is 0 Å². The van der Waals surface area contributed by atoms with Crippen molar-refractivity contribution in [1.29, 1.82) is 0 Å². The quantitative estimate of drug-likeness (QED) is 0.173. The van der Waals surface area contributed by atoms with Crippen molar-refractivity contribution in [2.75, 3.05) is 0 Å². The van der Waals surface area contributed by atoms with Crippen LogP contribution >= 0.6 is 0 Å². The zero-order valence-corrected chi connectivity index (χ0v) is 37.3. The first kappa shape index (κ1) is 37.9. The highest BCUT2D eigenvalue weighted by Crippen LogP contribution is 2.44. The standard InChI is InChI=1S/C64H39N5/c1-2-19-41(20-3-1)67-57-33-15-10-27-49(57)62-50(28-17-35-60(62)67)64-65-53-29-11-6-26-48(53)63(66-64)47-36-37-59(43-22-5-4-21-42(43)47)69-56-32-14-9-25-46(56)52-38-40-18-16-34-58(51(40)39-61(52)69)68-54-30-12-7-23-44(54)45-24-8-13-31-55(45)68/h1-39H. The van der Waals surface area contributed by atoms with Crippen LogP contribution in [0.15, 0.2) is 237 Å². The minimum absolute atomic E-state index is 0.701. The molecule has 15 aromatic rings. The first-order valence-electron chi connectivity index (χ1n) is 23.6. The Kier molecular flexibility index (Phi) is 8.00. The number of hydrogen-bond acceptors (Lipinski definition) is 2. The number of fused-ring (bicyclic) bond motifs is 12. The summed E-state index contributed by atoms with van der Waals surface area (Å²) >= 11 is 0. The lowest BCUT2D eigenvalue weighted by Gasteiger charge is -2.17. The highest BCUT2D eigenvalue weighted by Gasteiger charge is 2.23. The van der Waals surface area contributed by atoms with Gasteiger partial charge >= 0.3 is 0 Å². The van der Waals surface area contributed by atoms with Crippen LogP contribution in [0.1, 0.15) is 0 Å². The van der Waals surface area contributed by atoms with E-state index in [1.807, 2.05) is 0 Å². The van der Waals surface area contributed by atoms with Crippen molar-refractivity contribution >= 4 is 97.9 Å². The van der Waals surface area contributed by atoms with Gasteiger partial charge in [0.2, 0.25) is 0 Å². The molecule has 69 heavy (non-hydrogen) atoms. The fraction of sp³-hybridized carbons (Fsp3) is 0. The Hall–Kier alpha value is -9.32. The Morgan fingerprint density at radius 1 is 0.275 bits per heavy atom. The second kappa shape index (κ2) is 14.6. The molecule has 0 fully saturated rings. The van der Waals surface area contributed by atoms with Gasteiger partial charge < -0.3 is 13.7 Å². The Morgan fingerprint density at radius 2 is 0.812 bits per heavy atom. The van der Waals surface area contributed by atoms with Crippen molar-refractivity contribution in [2.24, 2.45) is 0 Å². The van der Waals surface area contributed by atoms with Gasteiger partial charge in [-0.25, -0.2) is 9.97 Å². The summed E-state index contributed by atoms with van der Waals surface area (Å²) in [4.78, 5) is 10.9. The van der Waals surface area contributed by atoms with Gasteiger partial charge in [0.25, 0.3) is 0 Å². The summed E-state index contributed by atoms with van der Waals surface area (Å²) < 4.78 is 7.27. The predicted molar refractivity (Wildman–Crippen MR) is 288 cm³/mol. The molecule has 0 N–H and O–H groups in total. The molecule has 0 spiro atoms. The van der Waals surface area contributed by atoms with E-state index in [-0.39, 0.29) is 0 Å². The van der Waals surface area contributed by atoms with Crippen molar-refractivity contribution in [3.05, 3.63) is 237 Å². The molecule has 11 aromatic carbocycles. The van der Waals surface area contributed by atoms with E-state index in [0.29, 0.717) is 5.82 Å². The molecule has 5 nitrogen and oxygen atoms in total. The summed E-state index contributed by atoms with van der Waals surface area (Å²) in [6.07, 6.45) is 0. The first-order valence-corrected chi connectivity index (χ1v) is 23.6. The van der Waals surface area contributed by atoms with E-state index in [9.17, 15) is 0 Å². The first-order chi connectivity index (χ1) is 34.3. The van der Waals surface area contributed by atoms with E-state index in [1.165, 1.54) is 48.7 Å². The average molecular weight is 878 g/mol. The maximum absolute atomic E-state index is 5.60. The largest absolute Gasteiger partial charge is 0.309 e. The van der Waals surface area contributed by atoms with Gasteiger partial charge in [-0.2, -0.15) is 0 Å². The van der Waals surface area contributed by atoms with Gasteiger partial charge in [-0.15, -0.1) is 0 Å². The van der Waals surface area contributed by atoms with Crippen LogP contribution in [0, 0.1) is 0 Å². The second-order valence-corrected chi connectivity index (χ2v) is 18.1. The summed E-state index contributed by atoms with van der Waals surface area (Å²) in [7, 11) is 0. The highest BCUT2D eigenvalue weighted by molar-refractivity contribution is 6.19. The van der Waals surface area contributed by atoms with Crippen molar-refractivity contribution in [1.82, 2.24) is 23.7 Å². The smallest absolute Gasteiger partial charge is 0.161 e. The molecule has 0 radical (unpaired) electrons. The van der Waals surface area contributed by atoms with Gasteiger partial charge in [0.05, 0.1) is 55.7 Å². The monoisotopic (exact) mass is 877 g/mol. The van der Waals surface area contributed by atoms with Gasteiger partial charge in [0.15, 0.2) is 5.82 Å². The third-order valence-electron chi connectivity index (χ3n) is 14.4. The van der Waals surface area contributed by atoms with E-state index >= 15 is 0 Å². The fourth-order valence-electron chi connectivity index (χ4n) is 11.5. The lowest BCUT2D eigenvalue weighted by atomic mass is 9.97. The van der Waals surface area contributed by atoms with Crippen molar-refractivity contribution in [3.63, 3.8) is 0 Å². The van der Waals surface area contributed by atoms with E-state index < -0.39 is 0 Å².